The summed E-state index contributed by atoms with van der Waals surface area (Å²) in [4.78, 5) is 10.5. The van der Waals surface area contributed by atoms with E-state index in [0.29, 0.717) is 12.1 Å². The molecule has 1 aromatic carbocycles. The van der Waals surface area contributed by atoms with Gasteiger partial charge >= 0.3 is 6.18 Å². The molecule has 0 saturated heterocycles. The predicted octanol–water partition coefficient (Wildman–Crippen LogP) is 2.75. The molecule has 0 atom stereocenters. The molecule has 5 heteroatoms. The zero-order valence-corrected chi connectivity index (χ0v) is 9.21. The van der Waals surface area contributed by atoms with E-state index in [2.05, 4.69) is 5.32 Å². The maximum absolute atomic E-state index is 12.6. The van der Waals surface area contributed by atoms with Crippen molar-refractivity contribution in [2.24, 2.45) is 0 Å². The molecule has 0 aliphatic heterocycles. The van der Waals surface area contributed by atoms with E-state index in [1.165, 1.54) is 12.1 Å². The Labute approximate surface area is 97.1 Å². The lowest BCUT2D eigenvalue weighted by Crippen LogP contribution is -2.09. The summed E-state index contributed by atoms with van der Waals surface area (Å²) in [6.45, 7) is 0.566. The third-order valence-corrected chi connectivity index (χ3v) is 2.14. The Hall–Kier alpha value is -1.62. The topological polar surface area (TPSA) is 29.1 Å². The summed E-state index contributed by atoms with van der Waals surface area (Å²) in [6.07, 6.45) is -1.02. The number of rotatable bonds is 4. The average molecular weight is 243 g/mol. The van der Waals surface area contributed by atoms with Gasteiger partial charge in [0.05, 0.1) is 5.56 Å². The van der Waals surface area contributed by atoms with Crippen LogP contribution >= 0.6 is 0 Å². The van der Waals surface area contributed by atoms with Crippen molar-refractivity contribution in [2.75, 3.05) is 13.6 Å². The zero-order valence-electron chi connectivity index (χ0n) is 9.21. The number of hydrogen-bond acceptors (Lipinski definition) is 2. The Balaban J connectivity index is 3.09. The highest BCUT2D eigenvalue weighted by molar-refractivity contribution is 5.78. The van der Waals surface area contributed by atoms with Gasteiger partial charge in [-0.05, 0) is 18.7 Å². The zero-order chi connectivity index (χ0) is 12.9. The molecule has 92 valence electrons. The maximum atomic E-state index is 12.6. The molecule has 0 aromatic heterocycles. The van der Waals surface area contributed by atoms with E-state index in [0.717, 1.165) is 6.07 Å². The molecule has 0 radical (unpaired) electrons. The molecule has 1 N–H and O–H groups in total. The number of hydrogen-bond donors (Lipinski definition) is 1. The summed E-state index contributed by atoms with van der Waals surface area (Å²) in [7, 11) is 1.74. The molecule has 1 aromatic rings. The van der Waals surface area contributed by atoms with Gasteiger partial charge in [-0.15, -0.1) is 0 Å². The van der Waals surface area contributed by atoms with Crippen LogP contribution in [-0.4, -0.2) is 19.9 Å². The number of carbonyl (C=O) groups is 1. The van der Waals surface area contributed by atoms with Crippen molar-refractivity contribution in [3.63, 3.8) is 0 Å². The van der Waals surface area contributed by atoms with E-state index in [9.17, 15) is 18.0 Å². The van der Waals surface area contributed by atoms with Crippen molar-refractivity contribution in [1.29, 1.82) is 0 Å². The second kappa shape index (κ2) is 5.63. The Morgan fingerprint density at radius 3 is 2.59 bits per heavy atom. The number of carbonyl (C=O) groups excluding carboxylic acids is 1. The van der Waals surface area contributed by atoms with Crippen molar-refractivity contribution in [3.8, 4) is 0 Å². The van der Waals surface area contributed by atoms with Crippen LogP contribution in [0.1, 0.15) is 21.5 Å². The van der Waals surface area contributed by atoms with Crippen molar-refractivity contribution in [1.82, 2.24) is 5.32 Å². The molecule has 0 bridgehead atoms. The first kappa shape index (κ1) is 13.4. The Bertz CT molecular complexity index is 424. The van der Waals surface area contributed by atoms with Crippen LogP contribution < -0.4 is 5.32 Å². The highest BCUT2D eigenvalue weighted by Crippen LogP contribution is 2.32. The number of aldehydes is 1. The lowest BCUT2D eigenvalue weighted by molar-refractivity contribution is -0.137. The maximum Gasteiger partial charge on any atom is 0.417 e. The molecule has 0 aliphatic carbocycles. The molecular weight excluding hydrogens is 231 g/mol. The summed E-state index contributed by atoms with van der Waals surface area (Å²) in [5.74, 6) is 0. The minimum atomic E-state index is -4.51. The lowest BCUT2D eigenvalue weighted by atomic mass is 10.0. The fraction of sp³-hybridized carbons (Fsp3) is 0.250. The highest BCUT2D eigenvalue weighted by atomic mass is 19.4. The summed E-state index contributed by atoms with van der Waals surface area (Å²) in [5.41, 5.74) is -0.833. The predicted molar refractivity (Wildman–Crippen MR) is 59.8 cm³/mol. The molecule has 0 saturated carbocycles. The molecular formula is C12H12F3NO. The fourth-order valence-corrected chi connectivity index (χ4v) is 1.34. The van der Waals surface area contributed by atoms with E-state index in [1.807, 2.05) is 0 Å². The molecule has 0 unspecified atom stereocenters. The van der Waals surface area contributed by atoms with Crippen LogP contribution in [0.5, 0.6) is 0 Å². The van der Waals surface area contributed by atoms with Gasteiger partial charge in [-0.1, -0.05) is 24.3 Å². The normalized spacial score (nSPS) is 12.0. The van der Waals surface area contributed by atoms with E-state index < -0.39 is 11.7 Å². The first-order valence-corrected chi connectivity index (χ1v) is 4.96. The van der Waals surface area contributed by atoms with Crippen LogP contribution in [0.4, 0.5) is 13.2 Å². The lowest BCUT2D eigenvalue weighted by Gasteiger charge is -2.09. The number of benzene rings is 1. The highest BCUT2D eigenvalue weighted by Gasteiger charge is 2.33. The van der Waals surface area contributed by atoms with Gasteiger partial charge in [-0.2, -0.15) is 13.2 Å². The fourth-order valence-electron chi connectivity index (χ4n) is 1.34. The number of likely N-dealkylation sites (N-methyl/N-ethyl adjacent to an activating group) is 1. The molecule has 0 spiro atoms. The van der Waals surface area contributed by atoms with Gasteiger partial charge in [0.25, 0.3) is 0 Å². The molecule has 1 rings (SSSR count). The average Bonchev–Trinajstić information content (AvgIpc) is 2.28. The largest absolute Gasteiger partial charge is 0.417 e. The number of alkyl halides is 3. The third-order valence-electron chi connectivity index (χ3n) is 2.14. The SMILES string of the molecule is CNCC=Cc1ccc(C=O)c(C(F)(F)F)c1. The molecule has 17 heavy (non-hydrogen) atoms. The number of halogens is 3. The Morgan fingerprint density at radius 1 is 1.35 bits per heavy atom. The first-order chi connectivity index (χ1) is 7.99. The van der Waals surface area contributed by atoms with Crippen molar-refractivity contribution in [2.45, 2.75) is 6.18 Å². The van der Waals surface area contributed by atoms with E-state index in [1.54, 1.807) is 19.2 Å². The van der Waals surface area contributed by atoms with Crippen LogP contribution in [0.3, 0.4) is 0 Å². The van der Waals surface area contributed by atoms with Crippen LogP contribution in [0.25, 0.3) is 6.08 Å². The van der Waals surface area contributed by atoms with Crippen LogP contribution in [0.15, 0.2) is 24.3 Å². The second-order valence-electron chi connectivity index (χ2n) is 3.42. The Kier molecular flexibility index (Phi) is 4.45. The van der Waals surface area contributed by atoms with E-state index in [4.69, 9.17) is 0 Å². The van der Waals surface area contributed by atoms with Crippen molar-refractivity contribution in [3.05, 3.63) is 41.0 Å². The second-order valence-corrected chi connectivity index (χ2v) is 3.42. The summed E-state index contributed by atoms with van der Waals surface area (Å²) < 4.78 is 37.8. The van der Waals surface area contributed by atoms with Gasteiger partial charge in [0, 0.05) is 12.1 Å². The molecule has 0 amide bonds. The smallest absolute Gasteiger partial charge is 0.316 e. The molecule has 0 fully saturated rings. The van der Waals surface area contributed by atoms with Gasteiger partial charge in [0.1, 0.15) is 0 Å². The van der Waals surface area contributed by atoms with Crippen molar-refractivity contribution >= 4 is 12.4 Å². The van der Waals surface area contributed by atoms with Gasteiger partial charge in [0.2, 0.25) is 0 Å². The summed E-state index contributed by atoms with van der Waals surface area (Å²) in [5, 5.41) is 2.84. The standard InChI is InChI=1S/C12H12F3NO/c1-16-6-2-3-9-4-5-10(8-17)11(7-9)12(13,14)15/h2-5,7-8,16H,6H2,1H3. The van der Waals surface area contributed by atoms with Crippen molar-refractivity contribution < 1.29 is 18.0 Å². The number of nitrogens with one attached hydrogen (secondary N) is 1. The third kappa shape index (κ3) is 3.71. The van der Waals surface area contributed by atoms with E-state index in [-0.39, 0.29) is 11.8 Å². The van der Waals surface area contributed by atoms with E-state index >= 15 is 0 Å². The van der Waals surface area contributed by atoms with Gasteiger partial charge in [0.15, 0.2) is 6.29 Å². The van der Waals surface area contributed by atoms with Gasteiger partial charge in [-0.3, -0.25) is 4.79 Å². The first-order valence-electron chi connectivity index (χ1n) is 4.96. The summed E-state index contributed by atoms with van der Waals surface area (Å²) in [6, 6.07) is 3.62. The molecule has 0 heterocycles. The van der Waals surface area contributed by atoms with Crippen LogP contribution in [0, 0.1) is 0 Å². The quantitative estimate of drug-likeness (QED) is 0.824. The van der Waals surface area contributed by atoms with Crippen LogP contribution in [0.2, 0.25) is 0 Å². The van der Waals surface area contributed by atoms with Gasteiger partial charge in [-0.25, -0.2) is 0 Å². The minimum Gasteiger partial charge on any atom is -0.316 e. The Morgan fingerprint density at radius 2 is 2.06 bits per heavy atom. The van der Waals surface area contributed by atoms with Gasteiger partial charge < -0.3 is 5.32 Å². The molecule has 2 nitrogen and oxygen atoms in total. The monoisotopic (exact) mass is 243 g/mol. The minimum absolute atomic E-state index is 0.212. The van der Waals surface area contributed by atoms with Crippen LogP contribution in [-0.2, 0) is 6.18 Å². The summed E-state index contributed by atoms with van der Waals surface area (Å²) >= 11 is 0. The molecule has 0 aliphatic rings.